The molecule has 2 nitrogen and oxygen atoms in total. The molecule has 1 aromatic rings. The van der Waals surface area contributed by atoms with Crippen LogP contribution in [0.15, 0.2) is 33.6 Å². The summed E-state index contributed by atoms with van der Waals surface area (Å²) in [6.07, 6.45) is 11.6. The molecule has 2 heterocycles. The molecule has 2 aliphatic rings. The Balaban J connectivity index is 1.42. The second kappa shape index (κ2) is 8.58. The Morgan fingerprint density at radius 1 is 1.04 bits per heavy atom. The first kappa shape index (κ1) is 17.4. The van der Waals surface area contributed by atoms with Gasteiger partial charge < -0.3 is 4.90 Å². The van der Waals surface area contributed by atoms with Gasteiger partial charge in [-0.3, -0.25) is 0 Å². The van der Waals surface area contributed by atoms with Crippen molar-refractivity contribution >= 4 is 27.9 Å². The van der Waals surface area contributed by atoms with Gasteiger partial charge in [0.05, 0.1) is 0 Å². The number of halogens is 1. The van der Waals surface area contributed by atoms with Gasteiger partial charge in [-0.2, -0.15) is 0 Å². The van der Waals surface area contributed by atoms with Crippen molar-refractivity contribution in [3.05, 3.63) is 28.7 Å². The minimum absolute atomic E-state index is 0.768. The summed E-state index contributed by atoms with van der Waals surface area (Å²) in [4.78, 5) is 4.05. The van der Waals surface area contributed by atoms with E-state index in [1.165, 1.54) is 56.8 Å². The highest BCUT2D eigenvalue weighted by Crippen LogP contribution is 2.30. The number of piperidine rings is 2. The molecule has 0 atom stereocenters. The second-order valence-electron chi connectivity index (χ2n) is 6.59. The first-order valence-corrected chi connectivity index (χ1v) is 10.2. The van der Waals surface area contributed by atoms with E-state index in [1.54, 1.807) is 0 Å². The molecule has 1 aromatic carbocycles. The van der Waals surface area contributed by atoms with E-state index in [1.807, 2.05) is 11.9 Å². The molecule has 23 heavy (non-hydrogen) atoms. The van der Waals surface area contributed by atoms with Crippen molar-refractivity contribution in [2.24, 2.45) is 5.92 Å². The number of likely N-dealkylation sites (tertiary alicyclic amines) is 1. The highest BCUT2D eigenvalue weighted by atomic mass is 79.9. The van der Waals surface area contributed by atoms with Gasteiger partial charge in [-0.05, 0) is 80.9 Å². The molecule has 0 spiro atoms. The largest absolute Gasteiger partial charge is 0.300 e. The monoisotopic (exact) mass is 392 g/mol. The standard InChI is InChI=1S/C19H25BrN2S/c1-2-3-16-8-12-21(13-9-16)18-10-14-22(15-11-18)23-19-6-4-17(20)5-7-19/h1,4-7,16,18H,3,8-15H2. The highest BCUT2D eigenvalue weighted by Gasteiger charge is 2.28. The zero-order chi connectivity index (χ0) is 16.1. The van der Waals surface area contributed by atoms with Gasteiger partial charge in [-0.25, -0.2) is 4.31 Å². The predicted octanol–water partition coefficient (Wildman–Crippen LogP) is 4.66. The van der Waals surface area contributed by atoms with E-state index < -0.39 is 0 Å². The van der Waals surface area contributed by atoms with Crippen molar-refractivity contribution in [2.75, 3.05) is 26.2 Å². The Labute approximate surface area is 153 Å². The molecule has 0 radical (unpaired) electrons. The fourth-order valence-corrected chi connectivity index (χ4v) is 4.85. The van der Waals surface area contributed by atoms with Crippen LogP contribution in [0, 0.1) is 18.3 Å². The number of hydrogen-bond donors (Lipinski definition) is 0. The quantitative estimate of drug-likeness (QED) is 0.543. The molecule has 2 saturated heterocycles. The number of terminal acetylenes is 1. The molecule has 2 fully saturated rings. The first-order chi connectivity index (χ1) is 11.2. The van der Waals surface area contributed by atoms with Gasteiger partial charge in [0.2, 0.25) is 0 Å². The molecule has 0 aliphatic carbocycles. The van der Waals surface area contributed by atoms with Crippen LogP contribution in [0.25, 0.3) is 0 Å². The van der Waals surface area contributed by atoms with Crippen LogP contribution in [0.3, 0.4) is 0 Å². The van der Waals surface area contributed by atoms with E-state index in [9.17, 15) is 0 Å². The summed E-state index contributed by atoms with van der Waals surface area (Å²) < 4.78 is 3.67. The van der Waals surface area contributed by atoms with E-state index in [2.05, 4.69) is 55.3 Å². The Bertz CT molecular complexity index is 523. The zero-order valence-electron chi connectivity index (χ0n) is 13.6. The van der Waals surface area contributed by atoms with Crippen molar-refractivity contribution in [1.29, 1.82) is 0 Å². The van der Waals surface area contributed by atoms with Crippen LogP contribution < -0.4 is 0 Å². The summed E-state index contributed by atoms with van der Waals surface area (Å²) in [5.41, 5.74) is 0. The van der Waals surface area contributed by atoms with Crippen LogP contribution in [-0.4, -0.2) is 41.4 Å². The van der Waals surface area contributed by atoms with Gasteiger partial charge in [0, 0.05) is 34.9 Å². The van der Waals surface area contributed by atoms with Crippen LogP contribution in [-0.2, 0) is 0 Å². The van der Waals surface area contributed by atoms with Gasteiger partial charge in [-0.1, -0.05) is 15.9 Å². The summed E-state index contributed by atoms with van der Waals surface area (Å²) in [5, 5.41) is 0. The van der Waals surface area contributed by atoms with Gasteiger partial charge in [0.25, 0.3) is 0 Å². The smallest absolute Gasteiger partial charge is 0.0231 e. The number of rotatable bonds is 4. The molecule has 0 bridgehead atoms. The second-order valence-corrected chi connectivity index (χ2v) is 8.68. The molecule has 124 valence electrons. The normalized spacial score (nSPS) is 22.1. The number of benzene rings is 1. The van der Waals surface area contributed by atoms with Crippen LogP contribution >= 0.6 is 27.9 Å². The lowest BCUT2D eigenvalue weighted by Crippen LogP contribution is -2.46. The minimum atomic E-state index is 0.768. The lowest BCUT2D eigenvalue weighted by atomic mass is 9.92. The van der Waals surface area contributed by atoms with Crippen LogP contribution in [0.1, 0.15) is 32.1 Å². The van der Waals surface area contributed by atoms with Crippen LogP contribution in [0.2, 0.25) is 0 Å². The molecule has 0 N–H and O–H groups in total. The fourth-order valence-electron chi connectivity index (χ4n) is 3.63. The average molecular weight is 393 g/mol. The maximum absolute atomic E-state index is 5.45. The topological polar surface area (TPSA) is 6.48 Å². The molecular weight excluding hydrogens is 368 g/mol. The Kier molecular flexibility index (Phi) is 6.47. The summed E-state index contributed by atoms with van der Waals surface area (Å²) in [6.45, 7) is 4.87. The third-order valence-electron chi connectivity index (χ3n) is 5.04. The van der Waals surface area contributed by atoms with E-state index in [0.717, 1.165) is 22.9 Å². The molecule has 0 aromatic heterocycles. The van der Waals surface area contributed by atoms with E-state index in [0.29, 0.717) is 0 Å². The molecule has 4 heteroatoms. The summed E-state index contributed by atoms with van der Waals surface area (Å²) in [7, 11) is 0. The Morgan fingerprint density at radius 2 is 1.70 bits per heavy atom. The Morgan fingerprint density at radius 3 is 2.30 bits per heavy atom. The van der Waals surface area contributed by atoms with Crippen molar-refractivity contribution in [3.8, 4) is 12.3 Å². The minimum Gasteiger partial charge on any atom is -0.300 e. The van der Waals surface area contributed by atoms with Crippen molar-refractivity contribution in [1.82, 2.24) is 9.21 Å². The third kappa shape index (κ3) is 5.00. The third-order valence-corrected chi connectivity index (χ3v) is 6.68. The molecule has 3 rings (SSSR count). The SMILES string of the molecule is C#CCC1CCN(C2CCN(Sc3ccc(Br)cc3)CC2)CC1. The van der Waals surface area contributed by atoms with Gasteiger partial charge in [0.1, 0.15) is 0 Å². The molecule has 0 amide bonds. The highest BCUT2D eigenvalue weighted by molar-refractivity contribution is 9.10. The average Bonchev–Trinajstić information content (AvgIpc) is 2.59. The summed E-state index contributed by atoms with van der Waals surface area (Å²) in [5.74, 6) is 3.60. The van der Waals surface area contributed by atoms with Crippen molar-refractivity contribution < 1.29 is 0 Å². The van der Waals surface area contributed by atoms with Crippen LogP contribution in [0.5, 0.6) is 0 Å². The maximum Gasteiger partial charge on any atom is 0.0231 e. The lowest BCUT2D eigenvalue weighted by Gasteiger charge is -2.41. The van der Waals surface area contributed by atoms with Crippen LogP contribution in [0.4, 0.5) is 0 Å². The Hall–Kier alpha value is -0.470. The van der Waals surface area contributed by atoms with E-state index in [-0.39, 0.29) is 0 Å². The zero-order valence-corrected chi connectivity index (χ0v) is 16.0. The number of hydrogen-bond acceptors (Lipinski definition) is 3. The molecule has 0 unspecified atom stereocenters. The van der Waals surface area contributed by atoms with Gasteiger partial charge in [0.15, 0.2) is 0 Å². The predicted molar refractivity (Wildman–Crippen MR) is 102 cm³/mol. The lowest BCUT2D eigenvalue weighted by molar-refractivity contribution is 0.1000. The maximum atomic E-state index is 5.45. The first-order valence-electron chi connectivity index (χ1n) is 8.60. The summed E-state index contributed by atoms with van der Waals surface area (Å²) >= 11 is 5.40. The van der Waals surface area contributed by atoms with Crippen molar-refractivity contribution in [2.45, 2.75) is 43.0 Å². The van der Waals surface area contributed by atoms with Gasteiger partial charge in [-0.15, -0.1) is 12.3 Å². The fraction of sp³-hybridized carbons (Fsp3) is 0.579. The molecule has 2 aliphatic heterocycles. The molecule has 0 saturated carbocycles. The van der Waals surface area contributed by atoms with E-state index in [4.69, 9.17) is 6.42 Å². The van der Waals surface area contributed by atoms with Gasteiger partial charge >= 0.3 is 0 Å². The van der Waals surface area contributed by atoms with E-state index >= 15 is 0 Å². The number of nitrogens with zero attached hydrogens (tertiary/aromatic N) is 2. The van der Waals surface area contributed by atoms with Crippen molar-refractivity contribution in [3.63, 3.8) is 0 Å². The summed E-state index contributed by atoms with van der Waals surface area (Å²) in [6, 6.07) is 9.41. The molecular formula is C19H25BrN2S.